The van der Waals surface area contributed by atoms with Crippen molar-refractivity contribution in [2.45, 2.75) is 13.8 Å². The lowest BCUT2D eigenvalue weighted by Crippen LogP contribution is -2.24. The number of aryl methyl sites for hydroxylation is 2. The molecule has 0 fully saturated rings. The van der Waals surface area contributed by atoms with E-state index >= 15 is 0 Å². The Balaban J connectivity index is 2.65. The molecule has 0 aliphatic rings. The van der Waals surface area contributed by atoms with Crippen molar-refractivity contribution in [1.82, 2.24) is 14.5 Å². The average molecular weight is 230 g/mol. The van der Waals surface area contributed by atoms with Crippen LogP contribution in [0.1, 0.15) is 11.1 Å². The third-order valence-electron chi connectivity index (χ3n) is 2.61. The molecule has 0 bridgehead atoms. The van der Waals surface area contributed by atoms with Crippen LogP contribution in [0.5, 0.6) is 0 Å². The fourth-order valence-corrected chi connectivity index (χ4v) is 1.79. The van der Waals surface area contributed by atoms with Crippen LogP contribution in [0.4, 0.5) is 5.95 Å². The molecule has 2 aromatic rings. The first-order valence-electron chi connectivity index (χ1n) is 5.33. The highest BCUT2D eigenvalue weighted by Crippen LogP contribution is 2.16. The van der Waals surface area contributed by atoms with Crippen LogP contribution >= 0.6 is 0 Å². The van der Waals surface area contributed by atoms with E-state index in [0.717, 1.165) is 16.8 Å². The molecule has 0 saturated carbocycles. The molecule has 2 rings (SSSR count). The van der Waals surface area contributed by atoms with Crippen LogP contribution in [0, 0.1) is 13.8 Å². The molecular formula is C12H14N4O. The van der Waals surface area contributed by atoms with Gasteiger partial charge in [-0.2, -0.15) is 4.98 Å². The lowest BCUT2D eigenvalue weighted by atomic mass is 10.1. The molecule has 5 nitrogen and oxygen atoms in total. The Labute approximate surface area is 99.2 Å². The van der Waals surface area contributed by atoms with Gasteiger partial charge in [-0.15, -0.1) is 0 Å². The van der Waals surface area contributed by atoms with Gasteiger partial charge in [0.05, 0.1) is 5.69 Å². The molecule has 0 aliphatic carbocycles. The van der Waals surface area contributed by atoms with E-state index < -0.39 is 0 Å². The Morgan fingerprint density at radius 1 is 1.24 bits per heavy atom. The predicted molar refractivity (Wildman–Crippen MR) is 66.6 cm³/mol. The zero-order valence-electron chi connectivity index (χ0n) is 10.1. The molecule has 1 aromatic heterocycles. The first-order valence-corrected chi connectivity index (χ1v) is 5.33. The summed E-state index contributed by atoms with van der Waals surface area (Å²) in [5, 5.41) is 2.74. The number of hydrogen-bond donors (Lipinski definition) is 1. The number of para-hydroxylation sites is 1. The van der Waals surface area contributed by atoms with Gasteiger partial charge in [-0.3, -0.25) is 4.57 Å². The molecule has 17 heavy (non-hydrogen) atoms. The standard InChI is InChI=1S/C12H14N4O/c1-8-5-4-6-9(2)10(8)16-7-14-11(13-3)15-12(16)17/h4-7H,1-3H3,(H,13,15,17). The number of rotatable bonds is 2. The molecule has 1 heterocycles. The molecule has 88 valence electrons. The first kappa shape index (κ1) is 11.3. The summed E-state index contributed by atoms with van der Waals surface area (Å²) in [5.74, 6) is 0.331. The summed E-state index contributed by atoms with van der Waals surface area (Å²) in [7, 11) is 1.68. The van der Waals surface area contributed by atoms with Crippen LogP contribution in [-0.2, 0) is 0 Å². The van der Waals surface area contributed by atoms with Crippen LogP contribution < -0.4 is 11.0 Å². The minimum absolute atomic E-state index is 0.331. The van der Waals surface area contributed by atoms with E-state index in [1.54, 1.807) is 7.05 Å². The molecule has 1 aromatic carbocycles. The van der Waals surface area contributed by atoms with Crippen molar-refractivity contribution in [3.8, 4) is 5.69 Å². The SMILES string of the molecule is CNc1ncn(-c2c(C)cccc2C)c(=O)n1. The summed E-state index contributed by atoms with van der Waals surface area (Å²) < 4.78 is 1.46. The van der Waals surface area contributed by atoms with Crippen molar-refractivity contribution in [2.24, 2.45) is 0 Å². The second-order valence-corrected chi connectivity index (χ2v) is 3.82. The van der Waals surface area contributed by atoms with Gasteiger partial charge in [0.2, 0.25) is 5.95 Å². The summed E-state index contributed by atoms with van der Waals surface area (Å²) >= 11 is 0. The Morgan fingerprint density at radius 3 is 2.41 bits per heavy atom. The summed E-state index contributed by atoms with van der Waals surface area (Å²) in [6, 6.07) is 5.88. The van der Waals surface area contributed by atoms with Gasteiger partial charge in [0.15, 0.2) is 0 Å². The number of nitrogens with one attached hydrogen (secondary N) is 1. The van der Waals surface area contributed by atoms with Gasteiger partial charge in [0.1, 0.15) is 6.33 Å². The predicted octanol–water partition coefficient (Wildman–Crippen LogP) is 1.29. The van der Waals surface area contributed by atoms with Crippen molar-refractivity contribution in [3.63, 3.8) is 0 Å². The van der Waals surface area contributed by atoms with Crippen LogP contribution in [0.25, 0.3) is 5.69 Å². The average Bonchev–Trinajstić information content (AvgIpc) is 2.30. The van der Waals surface area contributed by atoms with E-state index in [-0.39, 0.29) is 5.69 Å². The van der Waals surface area contributed by atoms with Crippen LogP contribution in [0.3, 0.4) is 0 Å². The van der Waals surface area contributed by atoms with Crippen molar-refractivity contribution >= 4 is 5.95 Å². The zero-order chi connectivity index (χ0) is 12.4. The van der Waals surface area contributed by atoms with E-state index in [0.29, 0.717) is 5.95 Å². The van der Waals surface area contributed by atoms with Crippen LogP contribution in [-0.4, -0.2) is 21.6 Å². The van der Waals surface area contributed by atoms with E-state index in [9.17, 15) is 4.79 Å². The normalized spacial score (nSPS) is 10.3. The molecule has 0 atom stereocenters. The van der Waals surface area contributed by atoms with Crippen molar-refractivity contribution < 1.29 is 0 Å². The maximum absolute atomic E-state index is 11.9. The molecule has 0 amide bonds. The maximum Gasteiger partial charge on any atom is 0.356 e. The summed E-state index contributed by atoms with van der Waals surface area (Å²) in [6.07, 6.45) is 1.50. The summed E-state index contributed by atoms with van der Waals surface area (Å²) in [6.45, 7) is 3.92. The maximum atomic E-state index is 11.9. The highest BCUT2D eigenvalue weighted by molar-refractivity contribution is 5.46. The van der Waals surface area contributed by atoms with Gasteiger partial charge >= 0.3 is 5.69 Å². The van der Waals surface area contributed by atoms with Crippen molar-refractivity contribution in [1.29, 1.82) is 0 Å². The monoisotopic (exact) mass is 230 g/mol. The molecule has 1 N–H and O–H groups in total. The number of anilines is 1. The van der Waals surface area contributed by atoms with E-state index in [2.05, 4.69) is 15.3 Å². The Kier molecular flexibility index (Phi) is 2.91. The quantitative estimate of drug-likeness (QED) is 0.844. The van der Waals surface area contributed by atoms with Gasteiger partial charge in [0, 0.05) is 7.05 Å². The number of nitrogens with zero attached hydrogens (tertiary/aromatic N) is 3. The summed E-state index contributed by atoms with van der Waals surface area (Å²) in [4.78, 5) is 19.8. The van der Waals surface area contributed by atoms with Crippen LogP contribution in [0.15, 0.2) is 29.3 Å². The van der Waals surface area contributed by atoms with Crippen molar-refractivity contribution in [2.75, 3.05) is 12.4 Å². The lowest BCUT2D eigenvalue weighted by Gasteiger charge is -2.11. The largest absolute Gasteiger partial charge is 0.357 e. The number of benzene rings is 1. The van der Waals surface area contributed by atoms with E-state index in [1.807, 2.05) is 32.0 Å². The lowest BCUT2D eigenvalue weighted by molar-refractivity contribution is 0.851. The second-order valence-electron chi connectivity index (χ2n) is 3.82. The molecule has 0 radical (unpaired) electrons. The van der Waals surface area contributed by atoms with Crippen molar-refractivity contribution in [3.05, 3.63) is 46.1 Å². The molecule has 0 saturated heterocycles. The molecule has 0 aliphatic heterocycles. The second kappa shape index (κ2) is 4.37. The van der Waals surface area contributed by atoms with E-state index in [1.165, 1.54) is 10.9 Å². The first-order chi connectivity index (χ1) is 8.13. The topological polar surface area (TPSA) is 59.8 Å². The highest BCUT2D eigenvalue weighted by atomic mass is 16.1. The number of hydrogen-bond acceptors (Lipinski definition) is 4. The Morgan fingerprint density at radius 2 is 1.88 bits per heavy atom. The minimum Gasteiger partial charge on any atom is -0.357 e. The number of aromatic nitrogens is 3. The smallest absolute Gasteiger partial charge is 0.356 e. The Hall–Kier alpha value is -2.17. The van der Waals surface area contributed by atoms with E-state index in [4.69, 9.17) is 0 Å². The fourth-order valence-electron chi connectivity index (χ4n) is 1.79. The summed E-state index contributed by atoms with van der Waals surface area (Å²) in [5.41, 5.74) is 2.56. The van der Waals surface area contributed by atoms with Gasteiger partial charge in [-0.25, -0.2) is 9.78 Å². The van der Waals surface area contributed by atoms with Crippen LogP contribution in [0.2, 0.25) is 0 Å². The highest BCUT2D eigenvalue weighted by Gasteiger charge is 2.08. The molecule has 0 unspecified atom stereocenters. The van der Waals surface area contributed by atoms with Gasteiger partial charge in [0.25, 0.3) is 0 Å². The van der Waals surface area contributed by atoms with Gasteiger partial charge < -0.3 is 5.32 Å². The molecular weight excluding hydrogens is 216 g/mol. The third-order valence-corrected chi connectivity index (χ3v) is 2.61. The molecule has 0 spiro atoms. The zero-order valence-corrected chi connectivity index (χ0v) is 10.1. The Bertz CT molecular complexity index is 583. The van der Waals surface area contributed by atoms with Gasteiger partial charge in [-0.1, -0.05) is 18.2 Å². The minimum atomic E-state index is -0.332. The molecule has 5 heteroatoms. The third kappa shape index (κ3) is 2.04. The fraction of sp³-hybridized carbons (Fsp3) is 0.250. The van der Waals surface area contributed by atoms with Gasteiger partial charge in [-0.05, 0) is 25.0 Å².